The molecule has 0 aliphatic rings. The van der Waals surface area contributed by atoms with E-state index >= 15 is 0 Å². The van der Waals surface area contributed by atoms with Gasteiger partial charge in [0, 0.05) is 15.8 Å². The number of aryl methyl sites for hydroxylation is 2. The fourth-order valence-corrected chi connectivity index (χ4v) is 3.00. The summed E-state index contributed by atoms with van der Waals surface area (Å²) in [4.78, 5) is 0. The van der Waals surface area contributed by atoms with E-state index in [0.717, 1.165) is 18.5 Å². The normalized spacial score (nSPS) is 11.0. The summed E-state index contributed by atoms with van der Waals surface area (Å²) in [7, 11) is 0. The molecule has 14 heavy (non-hydrogen) atoms. The summed E-state index contributed by atoms with van der Waals surface area (Å²) in [5.74, 6) is 0. The Morgan fingerprint density at radius 3 is 2.64 bits per heavy atom. The fourth-order valence-electron chi connectivity index (χ4n) is 1.93. The average molecular weight is 205 g/mol. The Kier molecular flexibility index (Phi) is 2.46. The van der Waals surface area contributed by atoms with Gasteiger partial charge in [0.1, 0.15) is 0 Å². The molecule has 74 valence electrons. The summed E-state index contributed by atoms with van der Waals surface area (Å²) in [6, 6.07) is 4.16. The summed E-state index contributed by atoms with van der Waals surface area (Å²) < 4.78 is 1.37. The first kappa shape index (κ1) is 9.53. The lowest BCUT2D eigenvalue weighted by Crippen LogP contribution is -1.94. The SMILES string of the molecule is CCc1csc2ccc(N)c(CC)c12. The highest BCUT2D eigenvalue weighted by Gasteiger charge is 2.08. The van der Waals surface area contributed by atoms with Crippen molar-refractivity contribution in [3.8, 4) is 0 Å². The molecule has 0 unspecified atom stereocenters. The Morgan fingerprint density at radius 1 is 1.21 bits per heavy atom. The van der Waals surface area contributed by atoms with Crippen LogP contribution in [-0.4, -0.2) is 0 Å². The minimum absolute atomic E-state index is 0.938. The molecular weight excluding hydrogens is 190 g/mol. The maximum atomic E-state index is 5.98. The first-order chi connectivity index (χ1) is 6.77. The number of nitrogens with two attached hydrogens (primary N) is 1. The van der Waals surface area contributed by atoms with Gasteiger partial charge in [0.15, 0.2) is 0 Å². The third-order valence-corrected chi connectivity index (χ3v) is 3.69. The molecule has 0 atom stereocenters. The zero-order chi connectivity index (χ0) is 10.1. The van der Waals surface area contributed by atoms with Crippen LogP contribution in [0.15, 0.2) is 17.5 Å². The average Bonchev–Trinajstić information content (AvgIpc) is 2.61. The van der Waals surface area contributed by atoms with Gasteiger partial charge in [-0.1, -0.05) is 13.8 Å². The van der Waals surface area contributed by atoms with Gasteiger partial charge in [0.2, 0.25) is 0 Å². The topological polar surface area (TPSA) is 26.0 Å². The number of benzene rings is 1. The van der Waals surface area contributed by atoms with Crippen molar-refractivity contribution >= 4 is 27.1 Å². The van der Waals surface area contributed by atoms with Crippen LogP contribution < -0.4 is 5.73 Å². The van der Waals surface area contributed by atoms with Gasteiger partial charge in [-0.3, -0.25) is 0 Å². The maximum Gasteiger partial charge on any atom is 0.0353 e. The van der Waals surface area contributed by atoms with Gasteiger partial charge in [-0.25, -0.2) is 0 Å². The highest BCUT2D eigenvalue weighted by Crippen LogP contribution is 2.32. The van der Waals surface area contributed by atoms with Gasteiger partial charge in [-0.15, -0.1) is 11.3 Å². The monoisotopic (exact) mass is 205 g/mol. The maximum absolute atomic E-state index is 5.98. The molecule has 0 amide bonds. The first-order valence-electron chi connectivity index (χ1n) is 5.05. The van der Waals surface area contributed by atoms with E-state index in [1.165, 1.54) is 21.2 Å². The van der Waals surface area contributed by atoms with Crippen LogP contribution >= 0.6 is 11.3 Å². The van der Waals surface area contributed by atoms with Crippen LogP contribution in [0.2, 0.25) is 0 Å². The number of thiophene rings is 1. The molecule has 1 aromatic heterocycles. The molecule has 0 aliphatic carbocycles. The molecule has 0 aliphatic heterocycles. The molecule has 1 heterocycles. The summed E-state index contributed by atoms with van der Waals surface area (Å²) in [5.41, 5.74) is 9.68. The van der Waals surface area contributed by atoms with E-state index in [9.17, 15) is 0 Å². The quantitative estimate of drug-likeness (QED) is 0.745. The molecule has 0 radical (unpaired) electrons. The largest absolute Gasteiger partial charge is 0.398 e. The van der Waals surface area contributed by atoms with E-state index in [1.54, 1.807) is 0 Å². The van der Waals surface area contributed by atoms with Crippen LogP contribution in [0.5, 0.6) is 0 Å². The second-order valence-corrected chi connectivity index (χ2v) is 4.39. The van der Waals surface area contributed by atoms with Crippen molar-refractivity contribution in [3.05, 3.63) is 28.6 Å². The summed E-state index contributed by atoms with van der Waals surface area (Å²) in [6.45, 7) is 4.37. The van der Waals surface area contributed by atoms with Crippen molar-refractivity contribution in [3.63, 3.8) is 0 Å². The summed E-state index contributed by atoms with van der Waals surface area (Å²) in [5, 5.41) is 3.66. The molecule has 0 saturated carbocycles. The summed E-state index contributed by atoms with van der Waals surface area (Å²) >= 11 is 1.82. The van der Waals surface area contributed by atoms with E-state index in [2.05, 4.69) is 25.3 Å². The zero-order valence-corrected chi connectivity index (χ0v) is 9.45. The van der Waals surface area contributed by atoms with Gasteiger partial charge in [-0.05, 0) is 41.5 Å². The molecule has 1 aromatic carbocycles. The fraction of sp³-hybridized carbons (Fsp3) is 0.333. The third-order valence-electron chi connectivity index (χ3n) is 2.69. The third kappa shape index (κ3) is 1.30. The van der Waals surface area contributed by atoms with Gasteiger partial charge >= 0.3 is 0 Å². The minimum Gasteiger partial charge on any atom is -0.398 e. The van der Waals surface area contributed by atoms with Gasteiger partial charge in [0.25, 0.3) is 0 Å². The molecule has 2 heteroatoms. The van der Waals surface area contributed by atoms with Crippen LogP contribution in [0, 0.1) is 0 Å². The lowest BCUT2D eigenvalue weighted by Gasteiger charge is -2.06. The molecule has 2 aromatic rings. The lowest BCUT2D eigenvalue weighted by atomic mass is 10.0. The van der Waals surface area contributed by atoms with Gasteiger partial charge in [-0.2, -0.15) is 0 Å². The Labute approximate surface area is 88.6 Å². The molecular formula is C12H15NS. The predicted molar refractivity (Wildman–Crippen MR) is 65.0 cm³/mol. The van der Waals surface area contributed by atoms with E-state index < -0.39 is 0 Å². The smallest absolute Gasteiger partial charge is 0.0353 e. The second kappa shape index (κ2) is 3.62. The van der Waals surface area contributed by atoms with Crippen molar-refractivity contribution in [1.29, 1.82) is 0 Å². The van der Waals surface area contributed by atoms with Crippen molar-refractivity contribution < 1.29 is 0 Å². The molecule has 2 rings (SSSR count). The Balaban J connectivity index is 2.81. The van der Waals surface area contributed by atoms with Crippen molar-refractivity contribution in [2.75, 3.05) is 5.73 Å². The Bertz CT molecular complexity index is 457. The lowest BCUT2D eigenvalue weighted by molar-refractivity contribution is 1.13. The van der Waals surface area contributed by atoms with Crippen LogP contribution in [0.4, 0.5) is 5.69 Å². The van der Waals surface area contributed by atoms with Gasteiger partial charge < -0.3 is 5.73 Å². The number of hydrogen-bond donors (Lipinski definition) is 1. The second-order valence-electron chi connectivity index (χ2n) is 3.47. The summed E-state index contributed by atoms with van der Waals surface area (Å²) in [6.07, 6.45) is 2.11. The van der Waals surface area contributed by atoms with Crippen LogP contribution in [0.3, 0.4) is 0 Å². The number of nitrogen functional groups attached to an aromatic ring is 1. The van der Waals surface area contributed by atoms with E-state index in [4.69, 9.17) is 5.73 Å². The van der Waals surface area contributed by atoms with E-state index in [-0.39, 0.29) is 0 Å². The molecule has 2 N–H and O–H groups in total. The highest BCUT2D eigenvalue weighted by atomic mass is 32.1. The molecule has 0 bridgehead atoms. The Hall–Kier alpha value is -1.02. The number of rotatable bonds is 2. The highest BCUT2D eigenvalue weighted by molar-refractivity contribution is 7.17. The minimum atomic E-state index is 0.938. The number of hydrogen-bond acceptors (Lipinski definition) is 2. The zero-order valence-electron chi connectivity index (χ0n) is 8.63. The molecule has 0 fully saturated rings. The van der Waals surface area contributed by atoms with E-state index in [1.807, 2.05) is 17.4 Å². The van der Waals surface area contributed by atoms with E-state index in [0.29, 0.717) is 0 Å². The Morgan fingerprint density at radius 2 is 2.00 bits per heavy atom. The molecule has 1 nitrogen and oxygen atoms in total. The van der Waals surface area contributed by atoms with Crippen molar-refractivity contribution in [1.82, 2.24) is 0 Å². The predicted octanol–water partition coefficient (Wildman–Crippen LogP) is 3.61. The van der Waals surface area contributed by atoms with Crippen molar-refractivity contribution in [2.24, 2.45) is 0 Å². The van der Waals surface area contributed by atoms with Crippen LogP contribution in [0.25, 0.3) is 10.1 Å². The van der Waals surface area contributed by atoms with Crippen LogP contribution in [-0.2, 0) is 12.8 Å². The van der Waals surface area contributed by atoms with Crippen LogP contribution in [0.1, 0.15) is 25.0 Å². The first-order valence-corrected chi connectivity index (χ1v) is 5.93. The standard InChI is InChI=1S/C12H15NS/c1-3-8-7-14-11-6-5-10(13)9(4-2)12(8)11/h5-7H,3-4,13H2,1-2H3. The number of anilines is 1. The molecule has 0 saturated heterocycles. The van der Waals surface area contributed by atoms with Crippen molar-refractivity contribution in [2.45, 2.75) is 26.7 Å². The number of fused-ring (bicyclic) bond motifs is 1. The van der Waals surface area contributed by atoms with Gasteiger partial charge in [0.05, 0.1) is 0 Å². The molecule has 0 spiro atoms.